The summed E-state index contributed by atoms with van der Waals surface area (Å²) in [5.41, 5.74) is 1.87. The zero-order chi connectivity index (χ0) is 23.4. The van der Waals surface area contributed by atoms with Gasteiger partial charge >= 0.3 is 0 Å². The number of likely N-dealkylation sites (tertiary alicyclic amines) is 1. The molecule has 0 radical (unpaired) electrons. The average Bonchev–Trinajstić information content (AvgIpc) is 2.82. The van der Waals surface area contributed by atoms with E-state index in [4.69, 9.17) is 23.2 Å². The molecule has 33 heavy (non-hydrogen) atoms. The Morgan fingerprint density at radius 3 is 2.39 bits per heavy atom. The van der Waals surface area contributed by atoms with Gasteiger partial charge in [0.15, 0.2) is 0 Å². The molecular formula is C25H30Cl2N2O3S. The summed E-state index contributed by atoms with van der Waals surface area (Å²) < 4.78 is 27.6. The van der Waals surface area contributed by atoms with Crippen molar-refractivity contribution in [2.75, 3.05) is 26.2 Å². The van der Waals surface area contributed by atoms with Crippen molar-refractivity contribution in [3.8, 4) is 0 Å². The summed E-state index contributed by atoms with van der Waals surface area (Å²) in [7, 11) is -3.58. The smallest absolute Gasteiger partial charge is 0.227 e. The van der Waals surface area contributed by atoms with Gasteiger partial charge in [0.1, 0.15) is 0 Å². The van der Waals surface area contributed by atoms with Crippen molar-refractivity contribution in [1.82, 2.24) is 9.21 Å². The molecular weight excluding hydrogens is 479 g/mol. The number of hydrogen-bond donors (Lipinski definition) is 0. The molecule has 0 N–H and O–H groups in total. The van der Waals surface area contributed by atoms with Gasteiger partial charge in [-0.05, 0) is 61.3 Å². The number of amides is 1. The van der Waals surface area contributed by atoms with Crippen molar-refractivity contribution in [2.24, 2.45) is 11.8 Å². The lowest BCUT2D eigenvalue weighted by Gasteiger charge is -2.37. The molecule has 2 aliphatic rings. The largest absolute Gasteiger partial charge is 0.342 e. The number of hydrogen-bond acceptors (Lipinski definition) is 3. The highest BCUT2D eigenvalue weighted by molar-refractivity contribution is 7.88. The fourth-order valence-electron chi connectivity index (χ4n) is 4.89. The first-order chi connectivity index (χ1) is 15.8. The van der Waals surface area contributed by atoms with Crippen molar-refractivity contribution in [2.45, 2.75) is 37.9 Å². The van der Waals surface area contributed by atoms with Crippen LogP contribution in [0.15, 0.2) is 48.5 Å². The Morgan fingerprint density at radius 2 is 1.70 bits per heavy atom. The second kappa shape index (κ2) is 10.8. The van der Waals surface area contributed by atoms with Crippen LogP contribution >= 0.6 is 23.2 Å². The normalized spacial score (nSPS) is 20.7. The van der Waals surface area contributed by atoms with Gasteiger partial charge in [0.2, 0.25) is 15.9 Å². The Labute approximate surface area is 206 Å². The molecule has 0 spiro atoms. The molecule has 4 rings (SSSR count). The van der Waals surface area contributed by atoms with E-state index in [1.807, 2.05) is 11.0 Å². The van der Waals surface area contributed by atoms with E-state index in [1.54, 1.807) is 18.2 Å². The first-order valence-electron chi connectivity index (χ1n) is 11.6. The van der Waals surface area contributed by atoms with Crippen LogP contribution < -0.4 is 0 Å². The number of halogens is 2. The minimum Gasteiger partial charge on any atom is -0.342 e. The van der Waals surface area contributed by atoms with Crippen LogP contribution in [0, 0.1) is 11.8 Å². The lowest BCUT2D eigenvalue weighted by atomic mass is 9.89. The van der Waals surface area contributed by atoms with Crippen molar-refractivity contribution < 1.29 is 13.2 Å². The van der Waals surface area contributed by atoms with Crippen LogP contribution in [-0.4, -0.2) is 49.7 Å². The van der Waals surface area contributed by atoms with Gasteiger partial charge in [-0.1, -0.05) is 59.6 Å². The van der Waals surface area contributed by atoms with Crippen molar-refractivity contribution >= 4 is 39.1 Å². The SMILES string of the molecule is O=C([C@@H]1CCCN(S(=O)(=O)Cc2ccc(Cl)cc2Cl)C1)N1CCC(Cc2ccccc2)CC1. The maximum absolute atomic E-state index is 13.2. The number of carbonyl (C=O) groups excluding carboxylic acids is 1. The lowest BCUT2D eigenvalue weighted by molar-refractivity contribution is -0.138. The Kier molecular flexibility index (Phi) is 8.00. The second-order valence-corrected chi connectivity index (χ2v) is 12.0. The second-order valence-electron chi connectivity index (χ2n) is 9.15. The maximum atomic E-state index is 13.2. The van der Waals surface area contributed by atoms with Gasteiger partial charge < -0.3 is 4.90 Å². The van der Waals surface area contributed by atoms with Gasteiger partial charge in [0, 0.05) is 36.2 Å². The predicted molar refractivity (Wildman–Crippen MR) is 133 cm³/mol. The van der Waals surface area contributed by atoms with Crippen LogP contribution in [0.1, 0.15) is 36.8 Å². The van der Waals surface area contributed by atoms with E-state index < -0.39 is 10.0 Å². The summed E-state index contributed by atoms with van der Waals surface area (Å²) in [6.45, 7) is 2.19. The lowest BCUT2D eigenvalue weighted by Crippen LogP contribution is -2.48. The zero-order valence-corrected chi connectivity index (χ0v) is 21.0. The first kappa shape index (κ1) is 24.5. The molecule has 0 aliphatic carbocycles. The summed E-state index contributed by atoms with van der Waals surface area (Å²) in [6.07, 6.45) is 4.45. The highest BCUT2D eigenvalue weighted by atomic mass is 35.5. The van der Waals surface area contributed by atoms with E-state index in [-0.39, 0.29) is 24.1 Å². The van der Waals surface area contributed by atoms with Gasteiger partial charge in [-0.3, -0.25) is 4.79 Å². The molecule has 0 unspecified atom stereocenters. The third-order valence-corrected chi connectivity index (χ3v) is 9.15. The van der Waals surface area contributed by atoms with Gasteiger partial charge in [-0.2, -0.15) is 0 Å². The highest BCUT2D eigenvalue weighted by Crippen LogP contribution is 2.28. The predicted octanol–water partition coefficient (Wildman–Crippen LogP) is 5.02. The molecule has 0 bridgehead atoms. The average molecular weight is 509 g/mol. The zero-order valence-electron chi connectivity index (χ0n) is 18.6. The van der Waals surface area contributed by atoms with Crippen LogP contribution in [0.4, 0.5) is 0 Å². The minimum absolute atomic E-state index is 0.0950. The summed E-state index contributed by atoms with van der Waals surface area (Å²) in [5.74, 6) is 0.218. The number of benzene rings is 2. The van der Waals surface area contributed by atoms with Crippen LogP contribution in [-0.2, 0) is 27.0 Å². The molecule has 0 saturated carbocycles. The van der Waals surface area contributed by atoms with Gasteiger partial charge in [-0.25, -0.2) is 12.7 Å². The van der Waals surface area contributed by atoms with Crippen LogP contribution in [0.2, 0.25) is 10.0 Å². The number of piperidine rings is 2. The molecule has 2 fully saturated rings. The maximum Gasteiger partial charge on any atom is 0.227 e. The molecule has 1 atom stereocenters. The number of rotatable bonds is 6. The third kappa shape index (κ3) is 6.30. The van der Waals surface area contributed by atoms with Gasteiger partial charge in [0.25, 0.3) is 0 Å². The molecule has 2 aliphatic heterocycles. The molecule has 8 heteroatoms. The summed E-state index contributed by atoms with van der Waals surface area (Å²) in [6, 6.07) is 15.3. The van der Waals surface area contributed by atoms with E-state index in [2.05, 4.69) is 24.3 Å². The fourth-order valence-corrected chi connectivity index (χ4v) is 7.08. The van der Waals surface area contributed by atoms with E-state index >= 15 is 0 Å². The molecule has 0 aromatic heterocycles. The van der Waals surface area contributed by atoms with E-state index in [1.165, 1.54) is 9.87 Å². The molecule has 5 nitrogen and oxygen atoms in total. The van der Waals surface area contributed by atoms with E-state index in [9.17, 15) is 13.2 Å². The Hall–Kier alpha value is -1.60. The minimum atomic E-state index is -3.58. The summed E-state index contributed by atoms with van der Waals surface area (Å²) in [4.78, 5) is 15.2. The van der Waals surface area contributed by atoms with Crippen LogP contribution in [0.5, 0.6) is 0 Å². The Morgan fingerprint density at radius 1 is 0.970 bits per heavy atom. The highest BCUT2D eigenvalue weighted by Gasteiger charge is 2.35. The summed E-state index contributed by atoms with van der Waals surface area (Å²) >= 11 is 12.1. The molecule has 2 saturated heterocycles. The van der Waals surface area contributed by atoms with E-state index in [0.717, 1.165) is 38.8 Å². The molecule has 1 amide bonds. The first-order valence-corrected chi connectivity index (χ1v) is 13.9. The van der Waals surface area contributed by atoms with Gasteiger partial charge in [-0.15, -0.1) is 0 Å². The standard InChI is InChI=1S/C25H30Cl2N2O3S/c26-23-9-8-22(24(27)16-23)18-33(31,32)29-12-4-7-21(17-29)25(30)28-13-10-20(11-14-28)15-19-5-2-1-3-6-19/h1-3,5-6,8-9,16,20-21H,4,7,10-15,17-18H2/t21-/m1/s1. The van der Waals surface area contributed by atoms with Crippen molar-refractivity contribution in [3.63, 3.8) is 0 Å². The third-order valence-electron chi connectivity index (χ3n) is 6.77. The number of carbonyl (C=O) groups is 1. The Balaban J connectivity index is 1.33. The van der Waals surface area contributed by atoms with E-state index in [0.29, 0.717) is 34.5 Å². The fraction of sp³-hybridized carbons (Fsp3) is 0.480. The Bertz CT molecular complexity index is 1070. The van der Waals surface area contributed by atoms with Crippen LogP contribution in [0.25, 0.3) is 0 Å². The number of sulfonamides is 1. The molecule has 178 valence electrons. The quantitative estimate of drug-likeness (QED) is 0.550. The monoisotopic (exact) mass is 508 g/mol. The van der Waals surface area contributed by atoms with Gasteiger partial charge in [0.05, 0.1) is 11.7 Å². The number of nitrogens with zero attached hydrogens (tertiary/aromatic N) is 2. The molecule has 2 aromatic carbocycles. The molecule has 2 heterocycles. The van der Waals surface area contributed by atoms with Crippen LogP contribution in [0.3, 0.4) is 0 Å². The van der Waals surface area contributed by atoms with Crippen molar-refractivity contribution in [1.29, 1.82) is 0 Å². The van der Waals surface area contributed by atoms with Crippen molar-refractivity contribution in [3.05, 3.63) is 69.7 Å². The molecule has 2 aromatic rings. The topological polar surface area (TPSA) is 57.7 Å². The summed E-state index contributed by atoms with van der Waals surface area (Å²) in [5, 5.41) is 0.811.